The van der Waals surface area contributed by atoms with E-state index >= 15 is 0 Å². The van der Waals surface area contributed by atoms with E-state index < -0.39 is 0 Å². The summed E-state index contributed by atoms with van der Waals surface area (Å²) in [7, 11) is 0. The monoisotopic (exact) mass is 280 g/mol. The van der Waals surface area contributed by atoms with E-state index in [0.717, 1.165) is 42.1 Å². The van der Waals surface area contributed by atoms with Gasteiger partial charge in [0.25, 0.3) is 0 Å². The quantitative estimate of drug-likeness (QED) is 0.757. The molecule has 5 nitrogen and oxygen atoms in total. The van der Waals surface area contributed by atoms with Crippen molar-refractivity contribution in [1.29, 1.82) is 0 Å². The van der Waals surface area contributed by atoms with Crippen LogP contribution in [0.3, 0.4) is 0 Å². The van der Waals surface area contributed by atoms with Crippen molar-refractivity contribution in [2.75, 3.05) is 6.54 Å². The molecular formula is C16H16N4O. The third-order valence-electron chi connectivity index (χ3n) is 3.92. The van der Waals surface area contributed by atoms with E-state index in [1.807, 2.05) is 24.3 Å². The predicted octanol–water partition coefficient (Wildman–Crippen LogP) is 2.55. The van der Waals surface area contributed by atoms with Gasteiger partial charge in [0.1, 0.15) is 17.1 Å². The van der Waals surface area contributed by atoms with Gasteiger partial charge in [0.2, 0.25) is 0 Å². The molecule has 0 saturated carbocycles. The Morgan fingerprint density at radius 2 is 2.05 bits per heavy atom. The largest absolute Gasteiger partial charge is 0.508 e. The minimum absolute atomic E-state index is 0.257. The molecule has 0 bridgehead atoms. The normalized spacial score (nSPS) is 18.4. The van der Waals surface area contributed by atoms with E-state index in [1.165, 1.54) is 0 Å². The molecule has 21 heavy (non-hydrogen) atoms. The topological polar surface area (TPSA) is 63.0 Å². The fourth-order valence-corrected chi connectivity index (χ4v) is 2.92. The number of pyridine rings is 1. The highest BCUT2D eigenvalue weighted by Crippen LogP contribution is 2.29. The summed E-state index contributed by atoms with van der Waals surface area (Å²) in [5.41, 5.74) is 2.72. The Morgan fingerprint density at radius 3 is 2.81 bits per heavy atom. The fourth-order valence-electron chi connectivity index (χ4n) is 2.92. The maximum absolute atomic E-state index is 9.50. The fraction of sp³-hybridized carbons (Fsp3) is 0.250. The first-order valence-corrected chi connectivity index (χ1v) is 7.19. The van der Waals surface area contributed by atoms with Crippen LogP contribution in [0, 0.1) is 0 Å². The molecule has 2 aromatic heterocycles. The zero-order valence-electron chi connectivity index (χ0n) is 11.5. The molecule has 1 aliphatic rings. The number of rotatable bonds is 2. The van der Waals surface area contributed by atoms with Crippen LogP contribution in [0.25, 0.3) is 16.9 Å². The van der Waals surface area contributed by atoms with Crippen molar-refractivity contribution in [3.8, 4) is 11.4 Å². The highest BCUT2D eigenvalue weighted by molar-refractivity contribution is 5.74. The van der Waals surface area contributed by atoms with Crippen LogP contribution in [-0.2, 0) is 0 Å². The summed E-state index contributed by atoms with van der Waals surface area (Å²) in [4.78, 5) is 9.25. The Bertz CT molecular complexity index is 773. The molecule has 5 heteroatoms. The summed E-state index contributed by atoms with van der Waals surface area (Å²) < 4.78 is 2.08. The van der Waals surface area contributed by atoms with Crippen molar-refractivity contribution in [3.63, 3.8) is 0 Å². The Morgan fingerprint density at radius 1 is 1.19 bits per heavy atom. The standard InChI is InChI=1S/C16H16N4O/c21-12-7-5-11(6-8-12)20-15-14(4-2-10-18-15)19-16(20)13-3-1-9-17-13/h2,4-8,10,13,17,21H,1,3,9H2. The van der Waals surface area contributed by atoms with Gasteiger partial charge < -0.3 is 10.4 Å². The Hall–Kier alpha value is -2.40. The summed E-state index contributed by atoms with van der Waals surface area (Å²) in [6, 6.07) is 11.3. The molecule has 1 aliphatic heterocycles. The number of aromatic nitrogens is 3. The molecule has 0 radical (unpaired) electrons. The lowest BCUT2D eigenvalue weighted by Gasteiger charge is -2.13. The van der Waals surface area contributed by atoms with Gasteiger partial charge >= 0.3 is 0 Å². The highest BCUT2D eigenvalue weighted by Gasteiger charge is 2.24. The molecule has 1 saturated heterocycles. The van der Waals surface area contributed by atoms with Gasteiger partial charge in [-0.05, 0) is 55.8 Å². The summed E-state index contributed by atoms with van der Waals surface area (Å²) >= 11 is 0. The maximum atomic E-state index is 9.50. The van der Waals surface area contributed by atoms with Gasteiger partial charge in [-0.15, -0.1) is 0 Å². The number of hydrogen-bond donors (Lipinski definition) is 2. The van der Waals surface area contributed by atoms with Gasteiger partial charge in [0.15, 0.2) is 5.65 Å². The molecule has 1 atom stereocenters. The Labute approximate surface area is 122 Å². The number of aromatic hydroxyl groups is 1. The molecule has 1 fully saturated rings. The van der Waals surface area contributed by atoms with Crippen molar-refractivity contribution in [3.05, 3.63) is 48.4 Å². The van der Waals surface area contributed by atoms with E-state index in [-0.39, 0.29) is 11.8 Å². The third kappa shape index (κ3) is 2.06. The smallest absolute Gasteiger partial charge is 0.164 e. The summed E-state index contributed by atoms with van der Waals surface area (Å²) in [5.74, 6) is 1.25. The molecule has 2 N–H and O–H groups in total. The van der Waals surface area contributed by atoms with Crippen LogP contribution in [0.1, 0.15) is 24.7 Å². The number of benzene rings is 1. The number of hydrogen-bond acceptors (Lipinski definition) is 4. The second kappa shape index (κ2) is 4.86. The van der Waals surface area contributed by atoms with E-state index in [1.54, 1.807) is 18.3 Å². The van der Waals surface area contributed by atoms with Crippen molar-refractivity contribution in [1.82, 2.24) is 19.9 Å². The van der Waals surface area contributed by atoms with Crippen LogP contribution in [0.4, 0.5) is 0 Å². The number of phenols is 1. The lowest BCUT2D eigenvalue weighted by Crippen LogP contribution is -2.17. The van der Waals surface area contributed by atoms with Crippen molar-refractivity contribution in [2.45, 2.75) is 18.9 Å². The average molecular weight is 280 g/mol. The molecule has 1 aromatic carbocycles. The molecule has 0 aliphatic carbocycles. The zero-order chi connectivity index (χ0) is 14.2. The second-order valence-corrected chi connectivity index (χ2v) is 5.32. The van der Waals surface area contributed by atoms with Gasteiger partial charge in [-0.1, -0.05) is 0 Å². The molecule has 3 heterocycles. The number of imidazole rings is 1. The second-order valence-electron chi connectivity index (χ2n) is 5.32. The first kappa shape index (κ1) is 12.3. The molecular weight excluding hydrogens is 264 g/mol. The highest BCUT2D eigenvalue weighted by atomic mass is 16.3. The van der Waals surface area contributed by atoms with Gasteiger partial charge in [-0.3, -0.25) is 4.57 Å². The SMILES string of the molecule is Oc1ccc(-n2c(C3CCCN3)nc3cccnc32)cc1. The summed E-state index contributed by atoms with van der Waals surface area (Å²) in [6.45, 7) is 1.02. The molecule has 0 spiro atoms. The maximum Gasteiger partial charge on any atom is 0.164 e. The van der Waals surface area contributed by atoms with Crippen LogP contribution in [-0.4, -0.2) is 26.2 Å². The minimum Gasteiger partial charge on any atom is -0.508 e. The first-order valence-electron chi connectivity index (χ1n) is 7.19. The molecule has 106 valence electrons. The van der Waals surface area contributed by atoms with Crippen molar-refractivity contribution >= 4 is 11.2 Å². The number of nitrogens with zero attached hydrogens (tertiary/aromatic N) is 3. The molecule has 1 unspecified atom stereocenters. The molecule has 3 aromatic rings. The number of phenolic OH excluding ortho intramolecular Hbond substituents is 1. The average Bonchev–Trinajstić information content (AvgIpc) is 3.15. The number of fused-ring (bicyclic) bond motifs is 1. The summed E-state index contributed by atoms with van der Waals surface area (Å²) in [5, 5.41) is 13.0. The molecule has 4 rings (SSSR count). The predicted molar refractivity (Wildman–Crippen MR) is 80.5 cm³/mol. The minimum atomic E-state index is 0.257. The van der Waals surface area contributed by atoms with Crippen LogP contribution in [0.15, 0.2) is 42.6 Å². The lowest BCUT2D eigenvalue weighted by atomic mass is 10.2. The van der Waals surface area contributed by atoms with Gasteiger partial charge in [-0.2, -0.15) is 0 Å². The Balaban J connectivity index is 1.95. The first-order chi connectivity index (χ1) is 10.3. The van der Waals surface area contributed by atoms with E-state index in [2.05, 4.69) is 14.9 Å². The van der Waals surface area contributed by atoms with Gasteiger partial charge in [0, 0.05) is 11.9 Å². The summed E-state index contributed by atoms with van der Waals surface area (Å²) in [6.07, 6.45) is 4.03. The van der Waals surface area contributed by atoms with Crippen LogP contribution < -0.4 is 5.32 Å². The Kier molecular flexibility index (Phi) is 2.86. The van der Waals surface area contributed by atoms with Crippen LogP contribution in [0.2, 0.25) is 0 Å². The van der Waals surface area contributed by atoms with Crippen LogP contribution in [0.5, 0.6) is 5.75 Å². The van der Waals surface area contributed by atoms with E-state index in [9.17, 15) is 5.11 Å². The van der Waals surface area contributed by atoms with Crippen molar-refractivity contribution in [2.24, 2.45) is 0 Å². The lowest BCUT2D eigenvalue weighted by molar-refractivity contribution is 0.475. The van der Waals surface area contributed by atoms with Crippen molar-refractivity contribution < 1.29 is 5.11 Å². The van der Waals surface area contributed by atoms with E-state index in [4.69, 9.17) is 4.98 Å². The van der Waals surface area contributed by atoms with Gasteiger partial charge in [-0.25, -0.2) is 9.97 Å². The molecule has 0 amide bonds. The number of nitrogens with one attached hydrogen (secondary N) is 1. The zero-order valence-corrected chi connectivity index (χ0v) is 11.5. The van der Waals surface area contributed by atoms with Crippen LogP contribution >= 0.6 is 0 Å². The van der Waals surface area contributed by atoms with E-state index in [0.29, 0.717) is 0 Å². The third-order valence-corrected chi connectivity index (χ3v) is 3.92. The van der Waals surface area contributed by atoms with Gasteiger partial charge in [0.05, 0.1) is 6.04 Å².